The van der Waals surface area contributed by atoms with Crippen LogP contribution in [0.5, 0.6) is 0 Å². The molecule has 0 saturated heterocycles. The van der Waals surface area contributed by atoms with E-state index in [0.29, 0.717) is 22.8 Å². The van der Waals surface area contributed by atoms with Gasteiger partial charge in [-0.05, 0) is 30.3 Å². The maximum atomic E-state index is 13.3. The molecule has 1 heterocycles. The Kier molecular flexibility index (Phi) is 4.22. The van der Waals surface area contributed by atoms with E-state index < -0.39 is 4.92 Å². The van der Waals surface area contributed by atoms with Crippen LogP contribution in [-0.4, -0.2) is 14.9 Å². The third-order valence-corrected chi connectivity index (χ3v) is 4.24. The van der Waals surface area contributed by atoms with Gasteiger partial charge in [0, 0.05) is 17.2 Å². The molecule has 3 aromatic carbocycles. The van der Waals surface area contributed by atoms with Crippen molar-refractivity contribution in [2.45, 2.75) is 0 Å². The van der Waals surface area contributed by atoms with Crippen molar-refractivity contribution in [2.75, 3.05) is 0 Å². The zero-order valence-corrected chi connectivity index (χ0v) is 14.1. The molecule has 27 heavy (non-hydrogen) atoms. The lowest BCUT2D eigenvalue weighted by molar-refractivity contribution is -0.384. The van der Waals surface area contributed by atoms with Gasteiger partial charge in [-0.2, -0.15) is 0 Å². The van der Waals surface area contributed by atoms with Gasteiger partial charge in [-0.15, -0.1) is 0 Å². The van der Waals surface area contributed by atoms with Gasteiger partial charge < -0.3 is 4.98 Å². The minimum atomic E-state index is -0.433. The van der Waals surface area contributed by atoms with Crippen molar-refractivity contribution in [3.63, 3.8) is 0 Å². The molecular formula is C21H14FN3O2. The van der Waals surface area contributed by atoms with Gasteiger partial charge in [0.15, 0.2) is 0 Å². The van der Waals surface area contributed by atoms with Gasteiger partial charge in [0.25, 0.3) is 5.69 Å². The third-order valence-electron chi connectivity index (χ3n) is 4.24. The van der Waals surface area contributed by atoms with Crippen molar-refractivity contribution in [1.29, 1.82) is 0 Å². The number of halogens is 1. The predicted molar refractivity (Wildman–Crippen MR) is 102 cm³/mol. The number of nitro benzene ring substituents is 1. The molecule has 0 bridgehead atoms. The summed E-state index contributed by atoms with van der Waals surface area (Å²) >= 11 is 0. The Balaban J connectivity index is 1.94. The second-order valence-electron chi connectivity index (χ2n) is 5.96. The Morgan fingerprint density at radius 1 is 0.852 bits per heavy atom. The van der Waals surface area contributed by atoms with Crippen LogP contribution in [0.15, 0.2) is 78.9 Å². The Morgan fingerprint density at radius 3 is 2.22 bits per heavy atom. The van der Waals surface area contributed by atoms with E-state index in [2.05, 4.69) is 9.97 Å². The summed E-state index contributed by atoms with van der Waals surface area (Å²) in [5.41, 5.74) is 3.29. The fourth-order valence-electron chi connectivity index (χ4n) is 2.96. The Bertz CT molecular complexity index is 1110. The summed E-state index contributed by atoms with van der Waals surface area (Å²) in [6.45, 7) is 0. The van der Waals surface area contributed by atoms with Crippen LogP contribution in [0, 0.1) is 15.9 Å². The van der Waals surface area contributed by atoms with Crippen LogP contribution < -0.4 is 0 Å². The van der Waals surface area contributed by atoms with E-state index >= 15 is 0 Å². The van der Waals surface area contributed by atoms with E-state index in [1.54, 1.807) is 30.3 Å². The molecule has 1 N–H and O–H groups in total. The quantitative estimate of drug-likeness (QED) is 0.388. The summed E-state index contributed by atoms with van der Waals surface area (Å²) in [5.74, 6) is 0.0546. The van der Waals surface area contributed by atoms with Crippen molar-refractivity contribution in [1.82, 2.24) is 9.97 Å². The van der Waals surface area contributed by atoms with Crippen LogP contribution in [0.3, 0.4) is 0 Å². The minimum Gasteiger partial charge on any atom is -0.337 e. The normalized spacial score (nSPS) is 10.7. The van der Waals surface area contributed by atoms with Crippen molar-refractivity contribution in [2.24, 2.45) is 0 Å². The number of aromatic nitrogens is 2. The lowest BCUT2D eigenvalue weighted by Crippen LogP contribution is -1.92. The zero-order chi connectivity index (χ0) is 18.8. The van der Waals surface area contributed by atoms with Crippen molar-refractivity contribution in [3.8, 4) is 33.9 Å². The van der Waals surface area contributed by atoms with E-state index in [4.69, 9.17) is 0 Å². The minimum absolute atomic E-state index is 0.0310. The first-order valence-electron chi connectivity index (χ1n) is 8.28. The topological polar surface area (TPSA) is 71.8 Å². The van der Waals surface area contributed by atoms with Gasteiger partial charge in [0.2, 0.25) is 0 Å². The second kappa shape index (κ2) is 6.84. The Morgan fingerprint density at radius 2 is 1.52 bits per heavy atom. The van der Waals surface area contributed by atoms with Crippen molar-refractivity contribution >= 4 is 5.69 Å². The summed E-state index contributed by atoms with van der Waals surface area (Å²) in [5, 5.41) is 11.4. The largest absolute Gasteiger partial charge is 0.337 e. The molecule has 0 spiro atoms. The molecule has 0 fully saturated rings. The number of nitrogens with one attached hydrogen (secondary N) is 1. The smallest absolute Gasteiger partial charge is 0.280 e. The molecule has 0 aliphatic carbocycles. The van der Waals surface area contributed by atoms with E-state index in [1.807, 2.05) is 30.3 Å². The number of nitro groups is 1. The van der Waals surface area contributed by atoms with Gasteiger partial charge in [-0.25, -0.2) is 9.37 Å². The third kappa shape index (κ3) is 3.20. The highest BCUT2D eigenvalue weighted by Crippen LogP contribution is 2.35. The first-order chi connectivity index (χ1) is 13.1. The molecule has 1 aromatic heterocycles. The average molecular weight is 359 g/mol. The Labute approximate surface area is 154 Å². The van der Waals surface area contributed by atoms with E-state index in [9.17, 15) is 14.5 Å². The number of H-pyrrole nitrogens is 1. The summed E-state index contributed by atoms with van der Waals surface area (Å²) in [7, 11) is 0. The maximum absolute atomic E-state index is 13.3. The van der Waals surface area contributed by atoms with Crippen LogP contribution in [0.2, 0.25) is 0 Å². The monoisotopic (exact) mass is 359 g/mol. The number of aromatic amines is 1. The lowest BCUT2D eigenvalue weighted by atomic mass is 10.1. The summed E-state index contributed by atoms with van der Waals surface area (Å²) in [6, 6.07) is 22.0. The molecule has 0 unspecified atom stereocenters. The van der Waals surface area contributed by atoms with Crippen molar-refractivity contribution < 1.29 is 9.31 Å². The molecule has 0 amide bonds. The molecule has 0 atom stereocenters. The molecular weight excluding hydrogens is 345 g/mol. The van der Waals surface area contributed by atoms with E-state index in [1.165, 1.54) is 18.2 Å². The molecule has 5 nitrogen and oxygen atoms in total. The van der Waals surface area contributed by atoms with Gasteiger partial charge in [0.05, 0.1) is 21.9 Å². The molecule has 4 aromatic rings. The van der Waals surface area contributed by atoms with Crippen LogP contribution in [0.1, 0.15) is 0 Å². The second-order valence-corrected chi connectivity index (χ2v) is 5.96. The zero-order valence-electron chi connectivity index (χ0n) is 14.1. The number of hydrogen-bond acceptors (Lipinski definition) is 3. The molecule has 0 radical (unpaired) electrons. The van der Waals surface area contributed by atoms with Gasteiger partial charge >= 0.3 is 0 Å². The standard InChI is InChI=1S/C21H14FN3O2/c22-16-12-10-15(11-13-16)20-19(14-6-2-1-3-7-14)23-21(24-20)17-8-4-5-9-18(17)25(26)27/h1-13H,(H,23,24). The highest BCUT2D eigenvalue weighted by atomic mass is 19.1. The fourth-order valence-corrected chi connectivity index (χ4v) is 2.96. The molecule has 6 heteroatoms. The first-order valence-corrected chi connectivity index (χ1v) is 8.28. The van der Waals surface area contributed by atoms with E-state index in [0.717, 1.165) is 11.1 Å². The highest BCUT2D eigenvalue weighted by molar-refractivity contribution is 5.82. The summed E-state index contributed by atoms with van der Waals surface area (Å²) in [6.07, 6.45) is 0. The average Bonchev–Trinajstić information content (AvgIpc) is 3.14. The Hall–Kier alpha value is -3.80. The molecule has 0 aliphatic rings. The highest BCUT2D eigenvalue weighted by Gasteiger charge is 2.20. The molecule has 0 saturated carbocycles. The molecule has 132 valence electrons. The number of rotatable bonds is 4. The van der Waals surface area contributed by atoms with Crippen LogP contribution in [0.4, 0.5) is 10.1 Å². The fraction of sp³-hybridized carbons (Fsp3) is 0. The van der Waals surface area contributed by atoms with Gasteiger partial charge in [0.1, 0.15) is 11.6 Å². The van der Waals surface area contributed by atoms with Crippen LogP contribution >= 0.6 is 0 Å². The van der Waals surface area contributed by atoms with Crippen molar-refractivity contribution in [3.05, 3.63) is 94.8 Å². The number of hydrogen-bond donors (Lipinski definition) is 1. The number of benzene rings is 3. The van der Waals surface area contributed by atoms with Crippen LogP contribution in [0.25, 0.3) is 33.9 Å². The molecule has 4 rings (SSSR count). The maximum Gasteiger partial charge on any atom is 0.280 e. The first kappa shape index (κ1) is 16.7. The van der Waals surface area contributed by atoms with Gasteiger partial charge in [-0.1, -0.05) is 42.5 Å². The summed E-state index contributed by atoms with van der Waals surface area (Å²) in [4.78, 5) is 18.8. The predicted octanol–water partition coefficient (Wildman–Crippen LogP) is 5.46. The molecule has 0 aliphatic heterocycles. The number of nitrogens with zero attached hydrogens (tertiary/aromatic N) is 2. The van der Waals surface area contributed by atoms with Crippen LogP contribution in [-0.2, 0) is 0 Å². The lowest BCUT2D eigenvalue weighted by Gasteiger charge is -2.03. The van der Waals surface area contributed by atoms with E-state index in [-0.39, 0.29) is 11.5 Å². The number of para-hydroxylation sites is 1. The van der Waals surface area contributed by atoms with Gasteiger partial charge in [-0.3, -0.25) is 10.1 Å². The number of imidazole rings is 1. The SMILES string of the molecule is O=[N+]([O-])c1ccccc1-c1nc(-c2ccccc2)c(-c2ccc(F)cc2)[nH]1. The summed E-state index contributed by atoms with van der Waals surface area (Å²) < 4.78 is 13.3.